The normalized spacial score (nSPS) is 15.2. The number of rotatable bonds is 4. The minimum Gasteiger partial charge on any atom is -0.355 e. The molecule has 2 aromatic heterocycles. The summed E-state index contributed by atoms with van der Waals surface area (Å²) in [7, 11) is 0. The Hall–Kier alpha value is -3.43. The van der Waals surface area contributed by atoms with Crippen molar-refractivity contribution in [3.63, 3.8) is 0 Å². The number of nitrogens with one attached hydrogen (secondary N) is 1. The van der Waals surface area contributed by atoms with Gasteiger partial charge in [-0.2, -0.15) is 18.3 Å². The molecule has 0 atom stereocenters. The highest BCUT2D eigenvalue weighted by Gasteiger charge is 2.34. The number of piperidine rings is 1. The molecule has 0 aliphatic carbocycles. The summed E-state index contributed by atoms with van der Waals surface area (Å²) in [6, 6.07) is 10.4. The molecule has 156 valence electrons. The van der Waals surface area contributed by atoms with Gasteiger partial charge in [0.2, 0.25) is 5.91 Å². The van der Waals surface area contributed by atoms with E-state index < -0.39 is 17.6 Å². The predicted molar refractivity (Wildman–Crippen MR) is 104 cm³/mol. The fraction of sp³-hybridized carbons (Fsp3) is 0.300. The summed E-state index contributed by atoms with van der Waals surface area (Å²) in [6.45, 7) is 1.13. The van der Waals surface area contributed by atoms with Crippen LogP contribution >= 0.6 is 0 Å². The molecule has 1 saturated heterocycles. The number of hydrogen-bond acceptors (Lipinski definition) is 5. The Morgan fingerprint density at radius 3 is 2.33 bits per heavy atom. The van der Waals surface area contributed by atoms with Gasteiger partial charge in [-0.25, -0.2) is 4.68 Å². The molecule has 0 bridgehead atoms. The smallest absolute Gasteiger partial charge is 0.355 e. The van der Waals surface area contributed by atoms with Crippen molar-refractivity contribution in [1.29, 1.82) is 0 Å². The van der Waals surface area contributed by atoms with Crippen LogP contribution in [0.2, 0.25) is 0 Å². The molecule has 1 aromatic carbocycles. The zero-order chi connectivity index (χ0) is 21.1. The van der Waals surface area contributed by atoms with E-state index in [4.69, 9.17) is 0 Å². The fourth-order valence-electron chi connectivity index (χ4n) is 3.46. The first-order chi connectivity index (χ1) is 14.4. The van der Waals surface area contributed by atoms with Gasteiger partial charge in [-0.3, -0.25) is 4.79 Å². The highest BCUT2D eigenvalue weighted by atomic mass is 19.4. The summed E-state index contributed by atoms with van der Waals surface area (Å²) in [4.78, 5) is 14.5. The Balaban J connectivity index is 1.36. The summed E-state index contributed by atoms with van der Waals surface area (Å²) in [6.07, 6.45) is -0.0668. The van der Waals surface area contributed by atoms with Gasteiger partial charge in [0.05, 0.1) is 11.3 Å². The highest BCUT2D eigenvalue weighted by Crippen LogP contribution is 2.35. The summed E-state index contributed by atoms with van der Waals surface area (Å²) in [5.41, 5.74) is -1.05. The van der Waals surface area contributed by atoms with Gasteiger partial charge in [0.25, 0.3) is 0 Å². The number of anilines is 2. The van der Waals surface area contributed by atoms with Crippen LogP contribution in [0.15, 0.2) is 54.9 Å². The van der Waals surface area contributed by atoms with Gasteiger partial charge in [-0.1, -0.05) is 12.1 Å². The number of carbonyl (C=O) groups is 1. The lowest BCUT2D eigenvalue weighted by Crippen LogP contribution is -2.38. The minimum atomic E-state index is -4.52. The van der Waals surface area contributed by atoms with E-state index in [-0.39, 0.29) is 11.6 Å². The van der Waals surface area contributed by atoms with Crippen LogP contribution in [0.1, 0.15) is 18.4 Å². The van der Waals surface area contributed by atoms with Crippen molar-refractivity contribution in [3.05, 3.63) is 60.4 Å². The zero-order valence-corrected chi connectivity index (χ0v) is 15.9. The second-order valence-electron chi connectivity index (χ2n) is 6.99. The monoisotopic (exact) mass is 416 g/mol. The summed E-state index contributed by atoms with van der Waals surface area (Å²) in [5, 5.41) is 14.9. The van der Waals surface area contributed by atoms with Gasteiger partial charge < -0.3 is 10.2 Å². The average Bonchev–Trinajstić information content (AvgIpc) is 3.29. The van der Waals surface area contributed by atoms with Crippen LogP contribution in [0.3, 0.4) is 0 Å². The summed E-state index contributed by atoms with van der Waals surface area (Å²) < 4.78 is 41.0. The van der Waals surface area contributed by atoms with Crippen LogP contribution in [0.4, 0.5) is 24.7 Å². The second kappa shape index (κ2) is 8.13. The maximum atomic E-state index is 13.1. The Morgan fingerprint density at radius 1 is 1.00 bits per heavy atom. The molecule has 7 nitrogen and oxygen atoms in total. The van der Waals surface area contributed by atoms with E-state index >= 15 is 0 Å². The largest absolute Gasteiger partial charge is 0.418 e. The average molecular weight is 416 g/mol. The van der Waals surface area contributed by atoms with Gasteiger partial charge in [0.15, 0.2) is 11.6 Å². The number of hydrogen-bond donors (Lipinski definition) is 1. The molecule has 3 aromatic rings. The quantitative estimate of drug-likeness (QED) is 0.704. The maximum absolute atomic E-state index is 13.1. The van der Waals surface area contributed by atoms with Gasteiger partial charge in [-0.15, -0.1) is 10.2 Å². The molecule has 1 aliphatic rings. The Kier molecular flexibility index (Phi) is 5.39. The SMILES string of the molecule is O=C(Nc1ccccc1C(F)(F)F)C1CCN(c2ccc(-n3cccn3)nn2)CC1. The van der Waals surface area contributed by atoms with Crippen molar-refractivity contribution in [2.45, 2.75) is 19.0 Å². The third-order valence-electron chi connectivity index (χ3n) is 5.06. The maximum Gasteiger partial charge on any atom is 0.418 e. The molecule has 0 saturated carbocycles. The van der Waals surface area contributed by atoms with Crippen LogP contribution in [0.5, 0.6) is 0 Å². The third kappa shape index (κ3) is 4.27. The van der Waals surface area contributed by atoms with Crippen molar-refractivity contribution >= 4 is 17.4 Å². The molecule has 10 heteroatoms. The van der Waals surface area contributed by atoms with Crippen molar-refractivity contribution < 1.29 is 18.0 Å². The molecule has 30 heavy (non-hydrogen) atoms. The Bertz CT molecular complexity index is 996. The van der Waals surface area contributed by atoms with Crippen LogP contribution in [-0.2, 0) is 11.0 Å². The molecular formula is C20H19F3N6O. The lowest BCUT2D eigenvalue weighted by Gasteiger charge is -2.32. The number of halogens is 3. The van der Waals surface area contributed by atoms with E-state index in [1.54, 1.807) is 23.1 Å². The van der Waals surface area contributed by atoms with Crippen molar-refractivity contribution in [1.82, 2.24) is 20.0 Å². The number of carbonyl (C=O) groups excluding carboxylic acids is 1. The van der Waals surface area contributed by atoms with E-state index in [0.717, 1.165) is 6.07 Å². The Labute approximate surface area is 170 Å². The van der Waals surface area contributed by atoms with Gasteiger partial charge in [0, 0.05) is 31.4 Å². The molecule has 0 radical (unpaired) electrons. The number of amides is 1. The predicted octanol–water partition coefficient (Wildman–Crippen LogP) is 3.54. The molecule has 1 aliphatic heterocycles. The lowest BCUT2D eigenvalue weighted by molar-refractivity contribution is -0.137. The molecule has 1 N–H and O–H groups in total. The second-order valence-corrected chi connectivity index (χ2v) is 6.99. The number of aromatic nitrogens is 4. The van der Waals surface area contributed by atoms with Gasteiger partial charge in [0.1, 0.15) is 0 Å². The van der Waals surface area contributed by atoms with E-state index in [9.17, 15) is 18.0 Å². The van der Waals surface area contributed by atoms with E-state index in [1.807, 2.05) is 17.0 Å². The van der Waals surface area contributed by atoms with Crippen molar-refractivity contribution in [2.24, 2.45) is 5.92 Å². The first-order valence-electron chi connectivity index (χ1n) is 9.47. The number of benzene rings is 1. The molecule has 1 fully saturated rings. The van der Waals surface area contributed by atoms with E-state index in [1.165, 1.54) is 18.2 Å². The fourth-order valence-corrected chi connectivity index (χ4v) is 3.46. The summed E-state index contributed by atoms with van der Waals surface area (Å²) >= 11 is 0. The van der Waals surface area contributed by atoms with Crippen LogP contribution in [-0.4, -0.2) is 39.0 Å². The zero-order valence-electron chi connectivity index (χ0n) is 15.9. The summed E-state index contributed by atoms with van der Waals surface area (Å²) in [5.74, 6) is 0.527. The number of alkyl halides is 3. The van der Waals surface area contributed by atoms with Gasteiger partial charge in [-0.05, 0) is 43.2 Å². The molecular weight excluding hydrogens is 397 g/mol. The van der Waals surface area contributed by atoms with E-state index in [2.05, 4.69) is 20.6 Å². The molecule has 4 rings (SSSR count). The topological polar surface area (TPSA) is 75.9 Å². The standard InChI is InChI=1S/C20H19F3N6O/c21-20(22,23)15-4-1-2-5-16(15)25-19(30)14-8-12-28(13-9-14)17-6-7-18(27-26-17)29-11-3-10-24-29/h1-7,10-11,14H,8-9,12-13H2,(H,25,30). The molecule has 0 unspecified atom stereocenters. The lowest BCUT2D eigenvalue weighted by atomic mass is 9.95. The molecule has 0 spiro atoms. The van der Waals surface area contributed by atoms with Gasteiger partial charge >= 0.3 is 6.18 Å². The van der Waals surface area contributed by atoms with Crippen molar-refractivity contribution in [2.75, 3.05) is 23.3 Å². The molecule has 3 heterocycles. The Morgan fingerprint density at radius 2 is 1.70 bits per heavy atom. The minimum absolute atomic E-state index is 0.211. The third-order valence-corrected chi connectivity index (χ3v) is 5.06. The first-order valence-corrected chi connectivity index (χ1v) is 9.47. The number of para-hydroxylation sites is 1. The van der Waals surface area contributed by atoms with Crippen LogP contribution in [0.25, 0.3) is 5.82 Å². The van der Waals surface area contributed by atoms with E-state index in [0.29, 0.717) is 37.6 Å². The van der Waals surface area contributed by atoms with Crippen LogP contribution in [0, 0.1) is 5.92 Å². The van der Waals surface area contributed by atoms with Crippen LogP contribution < -0.4 is 10.2 Å². The highest BCUT2D eigenvalue weighted by molar-refractivity contribution is 5.93. The molecule has 1 amide bonds. The number of nitrogens with zero attached hydrogens (tertiary/aromatic N) is 5. The first kappa shape index (κ1) is 19.9. The van der Waals surface area contributed by atoms with Crippen molar-refractivity contribution in [3.8, 4) is 5.82 Å².